The van der Waals surface area contributed by atoms with Gasteiger partial charge in [-0.25, -0.2) is 0 Å². The molecule has 0 aromatic heterocycles. The van der Waals surface area contributed by atoms with Gasteiger partial charge in [0.05, 0.1) is 30.4 Å². The Labute approximate surface area is 176 Å². The van der Waals surface area contributed by atoms with Crippen molar-refractivity contribution in [2.24, 2.45) is 0 Å². The number of fused-ring (bicyclic) bond motifs is 2. The molecule has 0 amide bonds. The topological polar surface area (TPSA) is 102 Å². The lowest BCUT2D eigenvalue weighted by Gasteiger charge is -2.21. The van der Waals surface area contributed by atoms with Crippen LogP contribution in [0.2, 0.25) is 5.02 Å². The van der Waals surface area contributed by atoms with Crippen LogP contribution < -0.4 is 14.2 Å². The molecule has 7 nitrogen and oxygen atoms in total. The number of rotatable bonds is 4. The zero-order valence-electron chi connectivity index (χ0n) is 15.9. The predicted octanol–water partition coefficient (Wildman–Crippen LogP) is 4.34. The fraction of sp³-hybridized carbons (Fsp3) is 0.0909. The number of para-hydroxylation sites is 1. The number of halogens is 1. The number of aromatic hydroxyl groups is 2. The number of ketones is 2. The van der Waals surface area contributed by atoms with Crippen molar-refractivity contribution < 1.29 is 34.0 Å². The number of carbonyl (C=O) groups excluding carboxylic acids is 2. The number of hydrogen-bond acceptors (Lipinski definition) is 7. The molecule has 1 aliphatic carbocycles. The monoisotopic (exact) mass is 426 g/mol. The number of ether oxygens (including phenoxy) is 3. The van der Waals surface area contributed by atoms with Crippen LogP contribution in [0, 0.1) is 0 Å². The first-order chi connectivity index (χ1) is 14.4. The fourth-order valence-corrected chi connectivity index (χ4v) is 3.58. The molecule has 4 rings (SSSR count). The lowest BCUT2D eigenvalue weighted by atomic mass is 9.83. The minimum absolute atomic E-state index is 0.00311. The lowest BCUT2D eigenvalue weighted by molar-refractivity contribution is 0.0974. The van der Waals surface area contributed by atoms with Crippen LogP contribution in [0.4, 0.5) is 0 Å². The molecule has 0 bridgehead atoms. The molecule has 0 fully saturated rings. The van der Waals surface area contributed by atoms with Gasteiger partial charge < -0.3 is 24.4 Å². The maximum atomic E-state index is 13.0. The molecule has 30 heavy (non-hydrogen) atoms. The summed E-state index contributed by atoms with van der Waals surface area (Å²) in [5.41, 5.74) is -0.524. The van der Waals surface area contributed by atoms with Crippen molar-refractivity contribution in [3.05, 3.63) is 69.7 Å². The molecule has 0 atom stereocenters. The van der Waals surface area contributed by atoms with E-state index in [1.54, 1.807) is 18.2 Å². The first-order valence-corrected chi connectivity index (χ1v) is 9.11. The number of carbonyl (C=O) groups is 2. The Morgan fingerprint density at radius 1 is 0.767 bits per heavy atom. The maximum absolute atomic E-state index is 13.0. The zero-order valence-corrected chi connectivity index (χ0v) is 16.6. The first-order valence-electron chi connectivity index (χ1n) is 8.74. The summed E-state index contributed by atoms with van der Waals surface area (Å²) in [5.74, 6) is -0.912. The van der Waals surface area contributed by atoms with Gasteiger partial charge in [0.25, 0.3) is 0 Å². The molecule has 152 valence electrons. The second-order valence-electron chi connectivity index (χ2n) is 6.43. The van der Waals surface area contributed by atoms with Crippen molar-refractivity contribution in [2.45, 2.75) is 0 Å². The Bertz CT molecular complexity index is 1220. The van der Waals surface area contributed by atoms with Gasteiger partial charge in [0.1, 0.15) is 17.2 Å². The van der Waals surface area contributed by atoms with E-state index in [-0.39, 0.29) is 38.8 Å². The summed E-state index contributed by atoms with van der Waals surface area (Å²) in [6, 6.07) is 9.93. The number of phenolic OH excluding ortho intramolecular Hbond substituents is 2. The lowest BCUT2D eigenvalue weighted by Crippen LogP contribution is -2.21. The highest BCUT2D eigenvalue weighted by Gasteiger charge is 2.35. The minimum Gasteiger partial charge on any atom is -0.507 e. The van der Waals surface area contributed by atoms with Crippen LogP contribution in [0.1, 0.15) is 31.8 Å². The largest absolute Gasteiger partial charge is 0.507 e. The van der Waals surface area contributed by atoms with Crippen LogP contribution in [-0.4, -0.2) is 36.0 Å². The molecular formula is C22H15ClO7. The average molecular weight is 427 g/mol. The van der Waals surface area contributed by atoms with Crippen LogP contribution in [0.3, 0.4) is 0 Å². The smallest absolute Gasteiger partial charge is 0.203 e. The van der Waals surface area contributed by atoms with Gasteiger partial charge in [-0.2, -0.15) is 0 Å². The van der Waals surface area contributed by atoms with E-state index in [1.165, 1.54) is 26.4 Å². The van der Waals surface area contributed by atoms with Gasteiger partial charge in [-0.1, -0.05) is 17.7 Å². The Kier molecular flexibility index (Phi) is 4.75. The Hall–Kier alpha value is -3.71. The third kappa shape index (κ3) is 2.91. The summed E-state index contributed by atoms with van der Waals surface area (Å²) in [5, 5.41) is 20.2. The predicted molar refractivity (Wildman–Crippen MR) is 108 cm³/mol. The Balaban J connectivity index is 1.84. The van der Waals surface area contributed by atoms with Gasteiger partial charge in [0.15, 0.2) is 23.1 Å². The molecule has 0 saturated heterocycles. The summed E-state index contributed by atoms with van der Waals surface area (Å²) in [7, 11) is 2.94. The SMILES string of the molecule is COc1cccc(Oc2cc3c(cc2Cl)C(=O)c2c(O)ccc(O)c2C3=O)c1OC. The molecule has 8 heteroatoms. The van der Waals surface area contributed by atoms with E-state index in [0.717, 1.165) is 12.1 Å². The molecule has 3 aromatic rings. The molecule has 0 unspecified atom stereocenters. The maximum Gasteiger partial charge on any atom is 0.203 e. The minimum atomic E-state index is -0.632. The van der Waals surface area contributed by atoms with Crippen molar-refractivity contribution in [2.75, 3.05) is 14.2 Å². The van der Waals surface area contributed by atoms with Crippen LogP contribution >= 0.6 is 11.6 Å². The van der Waals surface area contributed by atoms with Crippen LogP contribution in [0.15, 0.2) is 42.5 Å². The summed E-state index contributed by atoms with van der Waals surface area (Å²) in [6.45, 7) is 0. The third-order valence-electron chi connectivity index (χ3n) is 4.76. The Morgan fingerprint density at radius 3 is 1.90 bits per heavy atom. The van der Waals surface area contributed by atoms with E-state index in [2.05, 4.69) is 0 Å². The Morgan fingerprint density at radius 2 is 1.33 bits per heavy atom. The third-order valence-corrected chi connectivity index (χ3v) is 5.06. The van der Waals surface area contributed by atoms with E-state index in [1.807, 2.05) is 0 Å². The molecule has 3 aromatic carbocycles. The van der Waals surface area contributed by atoms with Crippen LogP contribution in [0.5, 0.6) is 34.5 Å². The second-order valence-corrected chi connectivity index (χ2v) is 6.84. The number of phenols is 2. The molecule has 0 spiro atoms. The van der Waals surface area contributed by atoms with E-state index in [9.17, 15) is 19.8 Å². The summed E-state index contributed by atoms with van der Waals surface area (Å²) < 4.78 is 16.4. The number of benzene rings is 3. The summed E-state index contributed by atoms with van der Waals surface area (Å²) in [6.07, 6.45) is 0. The van der Waals surface area contributed by atoms with Crippen molar-refractivity contribution >= 4 is 23.2 Å². The van der Waals surface area contributed by atoms with Crippen LogP contribution in [-0.2, 0) is 0 Å². The van der Waals surface area contributed by atoms with E-state index in [4.69, 9.17) is 25.8 Å². The van der Waals surface area contributed by atoms with E-state index >= 15 is 0 Å². The van der Waals surface area contributed by atoms with Crippen molar-refractivity contribution in [1.29, 1.82) is 0 Å². The normalized spacial score (nSPS) is 12.2. The highest BCUT2D eigenvalue weighted by molar-refractivity contribution is 6.35. The van der Waals surface area contributed by atoms with E-state index in [0.29, 0.717) is 11.5 Å². The zero-order chi connectivity index (χ0) is 21.6. The van der Waals surface area contributed by atoms with Gasteiger partial charge in [-0.05, 0) is 36.4 Å². The van der Waals surface area contributed by atoms with Gasteiger partial charge in [0, 0.05) is 11.1 Å². The molecule has 0 saturated carbocycles. The van der Waals surface area contributed by atoms with Gasteiger partial charge in [0.2, 0.25) is 5.75 Å². The summed E-state index contributed by atoms with van der Waals surface area (Å²) >= 11 is 6.32. The highest BCUT2D eigenvalue weighted by atomic mass is 35.5. The van der Waals surface area contributed by atoms with Crippen molar-refractivity contribution in [1.82, 2.24) is 0 Å². The first kappa shape index (κ1) is 19.6. The average Bonchev–Trinajstić information content (AvgIpc) is 2.74. The molecule has 0 aliphatic heterocycles. The summed E-state index contributed by atoms with van der Waals surface area (Å²) in [4.78, 5) is 25.9. The molecule has 2 N–H and O–H groups in total. The van der Waals surface area contributed by atoms with Gasteiger partial charge >= 0.3 is 0 Å². The second kappa shape index (κ2) is 7.27. The van der Waals surface area contributed by atoms with E-state index < -0.39 is 23.1 Å². The molecular weight excluding hydrogens is 412 g/mol. The van der Waals surface area contributed by atoms with Crippen molar-refractivity contribution in [3.63, 3.8) is 0 Å². The van der Waals surface area contributed by atoms with Crippen LogP contribution in [0.25, 0.3) is 0 Å². The quantitative estimate of drug-likeness (QED) is 0.468. The fourth-order valence-electron chi connectivity index (χ4n) is 3.37. The molecule has 0 heterocycles. The molecule has 0 radical (unpaired) electrons. The standard InChI is InChI=1S/C22H15ClO7/c1-28-15-4-3-5-16(22(15)29-2)30-17-9-11-10(8-12(17)23)20(26)18-13(24)6-7-14(25)19(18)21(11)27/h3-9,24-25H,1-2H3. The van der Waals surface area contributed by atoms with Crippen molar-refractivity contribution in [3.8, 4) is 34.5 Å². The number of methoxy groups -OCH3 is 2. The molecule has 1 aliphatic rings. The highest BCUT2D eigenvalue weighted by Crippen LogP contribution is 2.44. The van der Waals surface area contributed by atoms with Gasteiger partial charge in [-0.3, -0.25) is 9.59 Å². The number of hydrogen-bond donors (Lipinski definition) is 2. The van der Waals surface area contributed by atoms with Gasteiger partial charge in [-0.15, -0.1) is 0 Å².